The molecule has 4 heteroatoms. The molecule has 0 fully saturated rings. The van der Waals surface area contributed by atoms with Crippen molar-refractivity contribution >= 4 is 40.2 Å². The second-order valence-electron chi connectivity index (χ2n) is 6.19. The van der Waals surface area contributed by atoms with E-state index in [4.69, 9.17) is 28.9 Å². The molecular formula is C19H18Cl2N2. The topological polar surface area (TPSA) is 29.3 Å². The molecule has 2 aromatic carbocycles. The molecule has 1 heterocycles. The van der Waals surface area contributed by atoms with Crippen molar-refractivity contribution in [3.05, 3.63) is 63.7 Å². The van der Waals surface area contributed by atoms with E-state index in [1.165, 1.54) is 33.5 Å². The van der Waals surface area contributed by atoms with E-state index < -0.39 is 0 Å². The number of nitrogens with zero attached hydrogens (tertiary/aromatic N) is 1. The molecule has 0 radical (unpaired) electrons. The van der Waals surface area contributed by atoms with Gasteiger partial charge in [-0.25, -0.2) is 0 Å². The van der Waals surface area contributed by atoms with Crippen LogP contribution in [0.4, 0.5) is 5.69 Å². The maximum absolute atomic E-state index is 6.20. The molecule has 0 bridgehead atoms. The molecule has 0 spiro atoms. The van der Waals surface area contributed by atoms with E-state index in [-0.39, 0.29) is 0 Å². The summed E-state index contributed by atoms with van der Waals surface area (Å²) in [6, 6.07) is 12.5. The zero-order valence-electron chi connectivity index (χ0n) is 12.8. The van der Waals surface area contributed by atoms with Crippen LogP contribution in [0.1, 0.15) is 28.7 Å². The molecular weight excluding hydrogens is 327 g/mol. The monoisotopic (exact) mass is 344 g/mol. The number of rotatable bonds is 3. The highest BCUT2D eigenvalue weighted by molar-refractivity contribution is 6.30. The van der Waals surface area contributed by atoms with Crippen LogP contribution in [0.2, 0.25) is 5.02 Å². The highest BCUT2D eigenvalue weighted by Crippen LogP contribution is 2.46. The second-order valence-corrected chi connectivity index (χ2v) is 7.00. The third-order valence-electron chi connectivity index (χ3n) is 4.67. The SMILES string of the molecule is Nc1ccc2c(c1)CN(CCCCl)C1=C2Cc2cc(Cl)ccc21. The average Bonchev–Trinajstić information content (AvgIpc) is 2.90. The largest absolute Gasteiger partial charge is 0.399 e. The molecule has 118 valence electrons. The lowest BCUT2D eigenvalue weighted by Crippen LogP contribution is -2.27. The molecule has 2 nitrogen and oxygen atoms in total. The summed E-state index contributed by atoms with van der Waals surface area (Å²) >= 11 is 12.1. The van der Waals surface area contributed by atoms with Crippen LogP contribution in [-0.2, 0) is 13.0 Å². The molecule has 2 aromatic rings. The van der Waals surface area contributed by atoms with Crippen molar-refractivity contribution < 1.29 is 0 Å². The Balaban J connectivity index is 1.85. The third-order valence-corrected chi connectivity index (χ3v) is 5.17. The number of anilines is 1. The number of allylic oxidation sites excluding steroid dienone is 1. The van der Waals surface area contributed by atoms with Gasteiger partial charge in [0.25, 0.3) is 0 Å². The number of fused-ring (bicyclic) bond motifs is 4. The fraction of sp³-hybridized carbons (Fsp3) is 0.263. The van der Waals surface area contributed by atoms with E-state index in [9.17, 15) is 0 Å². The predicted molar refractivity (Wildman–Crippen MR) is 98.6 cm³/mol. The second kappa shape index (κ2) is 5.77. The van der Waals surface area contributed by atoms with Crippen molar-refractivity contribution in [2.24, 2.45) is 0 Å². The maximum Gasteiger partial charge on any atom is 0.0487 e. The Hall–Kier alpha value is -1.64. The highest BCUT2D eigenvalue weighted by atomic mass is 35.5. The Labute approximate surface area is 146 Å². The first-order valence-electron chi connectivity index (χ1n) is 7.89. The fourth-order valence-electron chi connectivity index (χ4n) is 3.73. The smallest absolute Gasteiger partial charge is 0.0487 e. The van der Waals surface area contributed by atoms with Crippen LogP contribution in [0.3, 0.4) is 0 Å². The van der Waals surface area contributed by atoms with Crippen LogP contribution < -0.4 is 5.73 Å². The van der Waals surface area contributed by atoms with E-state index in [1.807, 2.05) is 12.1 Å². The van der Waals surface area contributed by atoms with E-state index in [0.29, 0.717) is 5.88 Å². The molecule has 2 N–H and O–H groups in total. The Kier molecular flexibility index (Phi) is 3.74. The first-order chi connectivity index (χ1) is 11.2. The molecule has 0 saturated heterocycles. The fourth-order valence-corrected chi connectivity index (χ4v) is 4.04. The molecule has 0 atom stereocenters. The number of alkyl halides is 1. The molecule has 1 aliphatic carbocycles. The van der Waals surface area contributed by atoms with Gasteiger partial charge < -0.3 is 10.6 Å². The molecule has 2 aliphatic rings. The van der Waals surface area contributed by atoms with Crippen molar-refractivity contribution in [2.45, 2.75) is 19.4 Å². The van der Waals surface area contributed by atoms with Gasteiger partial charge in [-0.1, -0.05) is 23.7 Å². The third kappa shape index (κ3) is 2.50. The summed E-state index contributed by atoms with van der Waals surface area (Å²) in [6.45, 7) is 1.84. The Morgan fingerprint density at radius 3 is 2.70 bits per heavy atom. The van der Waals surface area contributed by atoms with Gasteiger partial charge in [-0.15, -0.1) is 11.6 Å². The number of halogens is 2. The van der Waals surface area contributed by atoms with Crippen molar-refractivity contribution in [3.8, 4) is 0 Å². The van der Waals surface area contributed by atoms with Crippen LogP contribution in [-0.4, -0.2) is 17.3 Å². The van der Waals surface area contributed by atoms with Gasteiger partial charge in [-0.2, -0.15) is 0 Å². The standard InChI is InChI=1S/C19H18Cl2N2/c20-6-1-7-23-11-13-9-15(22)3-5-16(13)18-10-12-8-14(21)2-4-17(12)19(18)23/h2-5,8-9H,1,6-7,10-11,22H2. The molecule has 0 aromatic heterocycles. The van der Waals surface area contributed by atoms with Gasteiger partial charge in [0.05, 0.1) is 0 Å². The Morgan fingerprint density at radius 2 is 1.87 bits per heavy atom. The minimum atomic E-state index is 0.677. The maximum atomic E-state index is 6.20. The summed E-state index contributed by atoms with van der Waals surface area (Å²) in [4.78, 5) is 2.44. The number of benzene rings is 2. The van der Waals surface area contributed by atoms with Crippen molar-refractivity contribution in [1.82, 2.24) is 4.90 Å². The van der Waals surface area contributed by atoms with Gasteiger partial charge in [0.2, 0.25) is 0 Å². The molecule has 0 unspecified atom stereocenters. The molecule has 0 amide bonds. The van der Waals surface area contributed by atoms with Crippen LogP contribution in [0.5, 0.6) is 0 Å². The van der Waals surface area contributed by atoms with Crippen LogP contribution >= 0.6 is 23.2 Å². The number of nitrogen functional groups attached to an aromatic ring is 1. The van der Waals surface area contributed by atoms with Crippen LogP contribution in [0.15, 0.2) is 36.4 Å². The summed E-state index contributed by atoms with van der Waals surface area (Å²) in [6.07, 6.45) is 1.90. The highest BCUT2D eigenvalue weighted by Gasteiger charge is 2.31. The quantitative estimate of drug-likeness (QED) is 0.640. The van der Waals surface area contributed by atoms with Crippen molar-refractivity contribution in [1.29, 1.82) is 0 Å². The zero-order chi connectivity index (χ0) is 16.0. The molecule has 23 heavy (non-hydrogen) atoms. The van der Waals surface area contributed by atoms with Crippen molar-refractivity contribution in [3.63, 3.8) is 0 Å². The zero-order valence-corrected chi connectivity index (χ0v) is 14.3. The normalized spacial score (nSPS) is 15.5. The molecule has 4 rings (SSSR count). The number of nitrogens with two attached hydrogens (primary N) is 1. The summed E-state index contributed by atoms with van der Waals surface area (Å²) in [5.74, 6) is 0.677. The van der Waals surface area contributed by atoms with E-state index in [1.54, 1.807) is 0 Å². The van der Waals surface area contributed by atoms with Gasteiger partial charge in [0.1, 0.15) is 0 Å². The molecule has 0 saturated carbocycles. The summed E-state index contributed by atoms with van der Waals surface area (Å²) < 4.78 is 0. The number of hydrogen-bond donors (Lipinski definition) is 1. The van der Waals surface area contributed by atoms with Crippen LogP contribution in [0.25, 0.3) is 11.3 Å². The first kappa shape index (κ1) is 14.9. The van der Waals surface area contributed by atoms with Gasteiger partial charge in [-0.3, -0.25) is 0 Å². The number of hydrogen-bond acceptors (Lipinski definition) is 2. The summed E-state index contributed by atoms with van der Waals surface area (Å²) in [5.41, 5.74) is 14.8. The minimum Gasteiger partial charge on any atom is -0.399 e. The lowest BCUT2D eigenvalue weighted by molar-refractivity contribution is 0.388. The predicted octanol–water partition coefficient (Wildman–Crippen LogP) is 4.79. The molecule has 1 aliphatic heterocycles. The first-order valence-corrected chi connectivity index (χ1v) is 8.80. The van der Waals surface area contributed by atoms with Crippen molar-refractivity contribution in [2.75, 3.05) is 18.2 Å². The van der Waals surface area contributed by atoms with E-state index in [0.717, 1.165) is 36.6 Å². The van der Waals surface area contributed by atoms with Gasteiger partial charge in [0, 0.05) is 47.4 Å². The minimum absolute atomic E-state index is 0.677. The van der Waals surface area contributed by atoms with E-state index >= 15 is 0 Å². The van der Waals surface area contributed by atoms with Crippen LogP contribution in [0, 0.1) is 0 Å². The van der Waals surface area contributed by atoms with Gasteiger partial charge >= 0.3 is 0 Å². The van der Waals surface area contributed by atoms with Gasteiger partial charge in [0.15, 0.2) is 0 Å². The van der Waals surface area contributed by atoms with Gasteiger partial charge in [-0.05, 0) is 52.9 Å². The lowest BCUT2D eigenvalue weighted by atomic mass is 9.93. The lowest BCUT2D eigenvalue weighted by Gasteiger charge is -2.33. The summed E-state index contributed by atoms with van der Waals surface area (Å²) in [5, 5.41) is 0.799. The Bertz CT molecular complexity index is 811. The summed E-state index contributed by atoms with van der Waals surface area (Å²) in [7, 11) is 0. The Morgan fingerprint density at radius 1 is 1.04 bits per heavy atom. The van der Waals surface area contributed by atoms with E-state index in [2.05, 4.69) is 29.2 Å². The average molecular weight is 345 g/mol.